The molecule has 7 heteroatoms. The maximum atomic E-state index is 12.3. The summed E-state index contributed by atoms with van der Waals surface area (Å²) in [6.07, 6.45) is -0.227. The number of carboxylic acids is 1. The normalized spacial score (nSPS) is 13.4. The summed E-state index contributed by atoms with van der Waals surface area (Å²) in [6, 6.07) is 3.98. The molecule has 1 aromatic carbocycles. The zero-order valence-electron chi connectivity index (χ0n) is 16.2. The number of amides is 1. The first-order chi connectivity index (χ1) is 12.6. The number of hydrogen-bond acceptors (Lipinski definition) is 5. The van der Waals surface area contributed by atoms with Crippen molar-refractivity contribution < 1.29 is 23.8 Å². The molecule has 0 spiro atoms. The van der Waals surface area contributed by atoms with Crippen molar-refractivity contribution in [1.29, 1.82) is 0 Å². The maximum Gasteiger partial charge on any atom is 0.336 e. The highest BCUT2D eigenvalue weighted by Crippen LogP contribution is 2.29. The number of hydrogen-bond donors (Lipinski definition) is 2. The fourth-order valence-corrected chi connectivity index (χ4v) is 2.86. The summed E-state index contributed by atoms with van der Waals surface area (Å²) in [6.45, 7) is 8.67. The van der Waals surface area contributed by atoms with Gasteiger partial charge in [0.1, 0.15) is 17.4 Å². The van der Waals surface area contributed by atoms with Gasteiger partial charge in [-0.25, -0.2) is 9.59 Å². The fraction of sp³-hybridized carbons (Fsp3) is 0.450. The van der Waals surface area contributed by atoms with Gasteiger partial charge in [0.05, 0.1) is 0 Å². The molecule has 7 nitrogen and oxygen atoms in total. The topological polar surface area (TPSA) is 106 Å². The Morgan fingerprint density at radius 1 is 1.26 bits per heavy atom. The molecule has 0 bridgehead atoms. The average molecular weight is 375 g/mol. The highest BCUT2D eigenvalue weighted by Gasteiger charge is 2.27. The van der Waals surface area contributed by atoms with Gasteiger partial charge in [-0.05, 0) is 43.9 Å². The Labute approximate surface area is 157 Å². The highest BCUT2D eigenvalue weighted by molar-refractivity contribution is 5.87. The smallest absolute Gasteiger partial charge is 0.336 e. The summed E-state index contributed by atoms with van der Waals surface area (Å²) < 4.78 is 11.1. The van der Waals surface area contributed by atoms with Gasteiger partial charge in [-0.15, -0.1) is 0 Å². The van der Waals surface area contributed by atoms with Gasteiger partial charge in [-0.3, -0.25) is 4.79 Å². The minimum absolute atomic E-state index is 0.261. The second-order valence-corrected chi connectivity index (χ2v) is 6.84. The van der Waals surface area contributed by atoms with Crippen molar-refractivity contribution in [3.8, 4) is 5.75 Å². The summed E-state index contributed by atoms with van der Waals surface area (Å²) in [5, 5.41) is 12.5. The Morgan fingerprint density at radius 3 is 2.48 bits per heavy atom. The molecule has 27 heavy (non-hydrogen) atoms. The van der Waals surface area contributed by atoms with Crippen LogP contribution in [0.5, 0.6) is 5.75 Å². The number of rotatable bonds is 7. The Hall–Kier alpha value is -2.83. The first-order valence-electron chi connectivity index (χ1n) is 8.91. The van der Waals surface area contributed by atoms with E-state index < -0.39 is 29.6 Å². The molecule has 0 saturated heterocycles. The van der Waals surface area contributed by atoms with Gasteiger partial charge >= 0.3 is 11.6 Å². The van der Waals surface area contributed by atoms with Gasteiger partial charge in [0.15, 0.2) is 6.10 Å². The van der Waals surface area contributed by atoms with Crippen LogP contribution in [0, 0.1) is 12.8 Å². The summed E-state index contributed by atoms with van der Waals surface area (Å²) in [7, 11) is 0. The minimum Gasteiger partial charge on any atom is -0.480 e. The fourth-order valence-electron chi connectivity index (χ4n) is 2.86. The molecule has 1 aromatic heterocycles. The predicted octanol–water partition coefficient (Wildman–Crippen LogP) is 2.66. The maximum absolute atomic E-state index is 12.3. The van der Waals surface area contributed by atoms with Crippen molar-refractivity contribution in [2.24, 2.45) is 5.92 Å². The van der Waals surface area contributed by atoms with Crippen LogP contribution >= 0.6 is 0 Å². The third-order valence-electron chi connectivity index (χ3n) is 4.48. The minimum atomic E-state index is -1.10. The Balaban J connectivity index is 2.27. The lowest BCUT2D eigenvalue weighted by Gasteiger charge is -2.22. The molecule has 1 amide bonds. The molecule has 2 unspecified atom stereocenters. The largest absolute Gasteiger partial charge is 0.480 e. The van der Waals surface area contributed by atoms with E-state index in [1.807, 2.05) is 6.92 Å². The van der Waals surface area contributed by atoms with E-state index in [0.29, 0.717) is 23.3 Å². The molecule has 1 heterocycles. The second kappa shape index (κ2) is 8.24. The molecule has 0 fully saturated rings. The summed E-state index contributed by atoms with van der Waals surface area (Å²) >= 11 is 0. The molecule has 2 aromatic rings. The third kappa shape index (κ3) is 4.48. The first kappa shape index (κ1) is 20.5. The lowest BCUT2D eigenvalue weighted by atomic mass is 10.0. The quantitative estimate of drug-likeness (QED) is 0.721. The summed E-state index contributed by atoms with van der Waals surface area (Å²) in [5.41, 5.74) is 1.47. The standard InChI is InChI=1S/C20H25NO6/c1-6-13-9-16(22)27-18-11(4)15(8-7-14(13)18)26-12(5)19(23)21-17(10(2)3)20(24)25/h7-10,12,17H,6H2,1-5H3,(H,21,23)(H,24,25). The van der Waals surface area contributed by atoms with Crippen molar-refractivity contribution in [1.82, 2.24) is 5.32 Å². The number of benzene rings is 1. The molecular weight excluding hydrogens is 350 g/mol. The summed E-state index contributed by atoms with van der Waals surface area (Å²) in [4.78, 5) is 35.4. The van der Waals surface area contributed by atoms with Crippen molar-refractivity contribution in [2.45, 2.75) is 53.2 Å². The number of carbonyl (C=O) groups is 2. The molecule has 0 aliphatic carbocycles. The highest BCUT2D eigenvalue weighted by atomic mass is 16.5. The number of fused-ring (bicyclic) bond motifs is 1. The van der Waals surface area contributed by atoms with Crippen LogP contribution < -0.4 is 15.7 Å². The zero-order valence-corrected chi connectivity index (χ0v) is 16.2. The van der Waals surface area contributed by atoms with Crippen molar-refractivity contribution in [2.75, 3.05) is 0 Å². The third-order valence-corrected chi connectivity index (χ3v) is 4.48. The number of carboxylic acid groups (broad SMARTS) is 1. The molecule has 2 N–H and O–H groups in total. The van der Waals surface area contributed by atoms with E-state index in [1.54, 1.807) is 32.9 Å². The second-order valence-electron chi connectivity index (χ2n) is 6.84. The molecule has 0 aliphatic heterocycles. The Bertz CT molecular complexity index is 915. The van der Waals surface area contributed by atoms with Crippen LogP contribution in [0.1, 0.15) is 38.8 Å². The van der Waals surface area contributed by atoms with Gasteiger partial charge in [0.25, 0.3) is 5.91 Å². The molecule has 2 rings (SSSR count). The molecule has 0 aliphatic rings. The van der Waals surface area contributed by atoms with E-state index in [9.17, 15) is 19.5 Å². The summed E-state index contributed by atoms with van der Waals surface area (Å²) in [5.74, 6) is -1.48. The number of aryl methyl sites for hydroxylation is 2. The lowest BCUT2D eigenvalue weighted by molar-refractivity contribution is -0.144. The van der Waals surface area contributed by atoms with Crippen LogP contribution in [0.4, 0.5) is 0 Å². The van der Waals surface area contributed by atoms with Crippen LogP contribution in [-0.4, -0.2) is 29.1 Å². The van der Waals surface area contributed by atoms with Gasteiger partial charge in [0, 0.05) is 17.0 Å². The number of aliphatic carboxylic acids is 1. The predicted molar refractivity (Wildman–Crippen MR) is 101 cm³/mol. The van der Waals surface area contributed by atoms with Crippen LogP contribution in [0.2, 0.25) is 0 Å². The van der Waals surface area contributed by atoms with Crippen molar-refractivity contribution >= 4 is 22.8 Å². The van der Waals surface area contributed by atoms with E-state index >= 15 is 0 Å². The van der Waals surface area contributed by atoms with E-state index in [2.05, 4.69) is 5.32 Å². The van der Waals surface area contributed by atoms with Gasteiger partial charge in [-0.1, -0.05) is 20.8 Å². The average Bonchev–Trinajstić information content (AvgIpc) is 2.60. The molecule has 2 atom stereocenters. The monoisotopic (exact) mass is 375 g/mol. The van der Waals surface area contributed by atoms with E-state index in [1.165, 1.54) is 13.0 Å². The van der Waals surface area contributed by atoms with Gasteiger partial charge in [0.2, 0.25) is 0 Å². The van der Waals surface area contributed by atoms with E-state index in [0.717, 1.165) is 10.9 Å². The SMILES string of the molecule is CCc1cc(=O)oc2c(C)c(OC(C)C(=O)NC(C(=O)O)C(C)C)ccc12. The van der Waals surface area contributed by atoms with Crippen molar-refractivity contribution in [3.63, 3.8) is 0 Å². The Morgan fingerprint density at radius 2 is 1.93 bits per heavy atom. The van der Waals surface area contributed by atoms with Gasteiger partial charge in [-0.2, -0.15) is 0 Å². The van der Waals surface area contributed by atoms with Crippen LogP contribution in [-0.2, 0) is 16.0 Å². The number of nitrogens with one attached hydrogen (secondary N) is 1. The van der Waals surface area contributed by atoms with Crippen LogP contribution in [0.15, 0.2) is 27.4 Å². The number of ether oxygens (including phenoxy) is 1. The zero-order chi connectivity index (χ0) is 20.3. The molecule has 0 saturated carbocycles. The van der Waals surface area contributed by atoms with Crippen molar-refractivity contribution in [3.05, 3.63) is 39.7 Å². The molecule has 0 radical (unpaired) electrons. The van der Waals surface area contributed by atoms with Crippen LogP contribution in [0.25, 0.3) is 11.0 Å². The van der Waals surface area contributed by atoms with Gasteiger partial charge < -0.3 is 19.6 Å². The van der Waals surface area contributed by atoms with E-state index in [4.69, 9.17) is 9.15 Å². The van der Waals surface area contributed by atoms with E-state index in [-0.39, 0.29) is 5.92 Å². The van der Waals surface area contributed by atoms with Crippen LogP contribution in [0.3, 0.4) is 0 Å². The first-order valence-corrected chi connectivity index (χ1v) is 8.91. The lowest BCUT2D eigenvalue weighted by Crippen LogP contribution is -2.48. The molecule has 146 valence electrons. The molecular formula is C20H25NO6. The Kier molecular flexibility index (Phi) is 6.25. The number of carbonyl (C=O) groups excluding carboxylic acids is 1.